The highest BCUT2D eigenvalue weighted by molar-refractivity contribution is 5.70. The molecular formula is C26H27NO3. The monoisotopic (exact) mass is 401 g/mol. The molecule has 1 unspecified atom stereocenters. The van der Waals surface area contributed by atoms with Crippen molar-refractivity contribution in [2.45, 2.75) is 38.6 Å². The summed E-state index contributed by atoms with van der Waals surface area (Å²) < 4.78 is 6.29. The van der Waals surface area contributed by atoms with E-state index in [4.69, 9.17) is 4.74 Å². The molecular weight excluding hydrogens is 374 g/mol. The van der Waals surface area contributed by atoms with Gasteiger partial charge >= 0.3 is 5.97 Å². The van der Waals surface area contributed by atoms with Crippen LogP contribution in [0.5, 0.6) is 11.5 Å². The van der Waals surface area contributed by atoms with Crippen molar-refractivity contribution < 1.29 is 14.6 Å². The van der Waals surface area contributed by atoms with E-state index in [1.807, 2.05) is 36.4 Å². The van der Waals surface area contributed by atoms with Gasteiger partial charge in [-0.05, 0) is 67.1 Å². The van der Waals surface area contributed by atoms with E-state index in [0.29, 0.717) is 0 Å². The molecule has 0 aliphatic carbocycles. The first-order chi connectivity index (χ1) is 14.6. The van der Waals surface area contributed by atoms with Gasteiger partial charge < -0.3 is 14.7 Å². The third-order valence-electron chi connectivity index (χ3n) is 5.74. The molecule has 0 amide bonds. The number of aryl methyl sites for hydroxylation is 1. The number of benzene rings is 3. The summed E-state index contributed by atoms with van der Waals surface area (Å²) in [6.45, 7) is 2.99. The summed E-state index contributed by atoms with van der Waals surface area (Å²) in [5, 5.41) is 9.26. The summed E-state index contributed by atoms with van der Waals surface area (Å²) in [6.07, 6.45) is 2.91. The molecule has 30 heavy (non-hydrogen) atoms. The average molecular weight is 402 g/mol. The van der Waals surface area contributed by atoms with Gasteiger partial charge in [0, 0.05) is 12.6 Å². The number of rotatable bonds is 7. The summed E-state index contributed by atoms with van der Waals surface area (Å²) in [5.41, 5.74) is 4.76. The van der Waals surface area contributed by atoms with Gasteiger partial charge in [0.2, 0.25) is 0 Å². The molecule has 1 aliphatic rings. The molecule has 4 rings (SSSR count). The predicted octanol–water partition coefficient (Wildman–Crippen LogP) is 5.82. The van der Waals surface area contributed by atoms with Gasteiger partial charge in [0.15, 0.2) is 5.75 Å². The molecule has 0 bridgehead atoms. The molecule has 0 aromatic heterocycles. The smallest absolute Gasteiger partial charge is 0.305 e. The van der Waals surface area contributed by atoms with Crippen molar-refractivity contribution in [3.63, 3.8) is 0 Å². The molecule has 0 spiro atoms. The molecule has 1 fully saturated rings. The van der Waals surface area contributed by atoms with Crippen LogP contribution in [0.25, 0.3) is 0 Å². The molecule has 1 heterocycles. The number of nitrogens with zero attached hydrogens (tertiary/aromatic N) is 1. The second-order valence-corrected chi connectivity index (χ2v) is 7.91. The Balaban J connectivity index is 1.55. The van der Waals surface area contributed by atoms with Crippen LogP contribution in [0.4, 0.5) is 5.69 Å². The molecule has 0 saturated carbocycles. The molecule has 1 atom stereocenters. The zero-order valence-corrected chi connectivity index (χ0v) is 17.3. The van der Waals surface area contributed by atoms with Crippen LogP contribution in [0.3, 0.4) is 0 Å². The first-order valence-corrected chi connectivity index (χ1v) is 10.5. The Morgan fingerprint density at radius 2 is 1.87 bits per heavy atom. The van der Waals surface area contributed by atoms with Crippen molar-refractivity contribution in [2.75, 3.05) is 11.4 Å². The zero-order chi connectivity index (χ0) is 20.9. The SMILES string of the molecule is Cc1ccccc1Cc1cccc(Oc2ccccc2N2CCCC2CC(=O)O)c1. The van der Waals surface area contributed by atoms with Gasteiger partial charge in [-0.2, -0.15) is 0 Å². The molecule has 3 aromatic carbocycles. The maximum absolute atomic E-state index is 11.3. The fraction of sp³-hybridized carbons (Fsp3) is 0.269. The van der Waals surface area contributed by atoms with Crippen LogP contribution in [0.1, 0.15) is 36.0 Å². The first kappa shape index (κ1) is 20.0. The van der Waals surface area contributed by atoms with Gasteiger partial charge in [-0.25, -0.2) is 0 Å². The van der Waals surface area contributed by atoms with Gasteiger partial charge in [0.25, 0.3) is 0 Å². The number of ether oxygens (including phenoxy) is 1. The lowest BCUT2D eigenvalue weighted by Crippen LogP contribution is -2.31. The molecule has 0 radical (unpaired) electrons. The van der Waals surface area contributed by atoms with Gasteiger partial charge in [-0.1, -0.05) is 48.5 Å². The van der Waals surface area contributed by atoms with Crippen LogP contribution in [0, 0.1) is 6.92 Å². The summed E-state index contributed by atoms with van der Waals surface area (Å²) >= 11 is 0. The van der Waals surface area contributed by atoms with E-state index in [1.54, 1.807) is 0 Å². The minimum Gasteiger partial charge on any atom is -0.481 e. The molecule has 1 aliphatic heterocycles. The highest BCUT2D eigenvalue weighted by Crippen LogP contribution is 2.37. The lowest BCUT2D eigenvalue weighted by molar-refractivity contribution is -0.137. The van der Waals surface area contributed by atoms with Gasteiger partial charge in [-0.15, -0.1) is 0 Å². The highest BCUT2D eigenvalue weighted by Gasteiger charge is 2.28. The first-order valence-electron chi connectivity index (χ1n) is 10.5. The topological polar surface area (TPSA) is 49.8 Å². The number of hydrogen-bond acceptors (Lipinski definition) is 3. The minimum atomic E-state index is -0.755. The predicted molar refractivity (Wildman–Crippen MR) is 120 cm³/mol. The largest absolute Gasteiger partial charge is 0.481 e. The van der Waals surface area contributed by atoms with Gasteiger partial charge in [0.1, 0.15) is 5.75 Å². The third kappa shape index (κ3) is 4.65. The van der Waals surface area contributed by atoms with Crippen LogP contribution in [-0.2, 0) is 11.2 Å². The van der Waals surface area contributed by atoms with E-state index in [9.17, 15) is 9.90 Å². The van der Waals surface area contributed by atoms with E-state index in [2.05, 4.69) is 48.2 Å². The maximum atomic E-state index is 11.3. The Morgan fingerprint density at radius 1 is 1.07 bits per heavy atom. The van der Waals surface area contributed by atoms with Crippen molar-refractivity contribution >= 4 is 11.7 Å². The third-order valence-corrected chi connectivity index (χ3v) is 5.74. The van der Waals surface area contributed by atoms with E-state index < -0.39 is 5.97 Å². The van der Waals surface area contributed by atoms with Crippen LogP contribution < -0.4 is 9.64 Å². The van der Waals surface area contributed by atoms with Crippen molar-refractivity contribution in [3.05, 3.63) is 89.5 Å². The Hall–Kier alpha value is -3.27. The second kappa shape index (κ2) is 9.04. The van der Waals surface area contributed by atoms with Crippen LogP contribution in [0.2, 0.25) is 0 Å². The molecule has 1 saturated heterocycles. The maximum Gasteiger partial charge on any atom is 0.305 e. The van der Waals surface area contributed by atoms with E-state index in [0.717, 1.165) is 43.0 Å². The summed E-state index contributed by atoms with van der Waals surface area (Å²) in [6, 6.07) is 24.6. The van der Waals surface area contributed by atoms with Crippen molar-refractivity contribution in [1.29, 1.82) is 0 Å². The second-order valence-electron chi connectivity index (χ2n) is 7.91. The Bertz CT molecular complexity index is 1030. The molecule has 154 valence electrons. The van der Waals surface area contributed by atoms with Crippen LogP contribution in [0.15, 0.2) is 72.8 Å². The number of hydrogen-bond donors (Lipinski definition) is 1. The van der Waals surface area contributed by atoms with Crippen molar-refractivity contribution in [3.8, 4) is 11.5 Å². The number of carbonyl (C=O) groups is 1. The average Bonchev–Trinajstić information content (AvgIpc) is 3.18. The van der Waals surface area contributed by atoms with Crippen LogP contribution >= 0.6 is 0 Å². The van der Waals surface area contributed by atoms with Crippen molar-refractivity contribution in [2.24, 2.45) is 0 Å². The summed E-state index contributed by atoms with van der Waals surface area (Å²) in [4.78, 5) is 13.4. The van der Waals surface area contributed by atoms with E-state index in [1.165, 1.54) is 16.7 Å². The lowest BCUT2D eigenvalue weighted by atomic mass is 10.0. The number of carboxylic acids is 1. The van der Waals surface area contributed by atoms with Crippen LogP contribution in [-0.4, -0.2) is 23.7 Å². The van der Waals surface area contributed by atoms with Gasteiger partial charge in [-0.3, -0.25) is 4.79 Å². The fourth-order valence-electron chi connectivity index (χ4n) is 4.22. The molecule has 3 aromatic rings. The summed E-state index contributed by atoms with van der Waals surface area (Å²) in [5.74, 6) is 0.805. The molecule has 4 nitrogen and oxygen atoms in total. The van der Waals surface area contributed by atoms with Crippen molar-refractivity contribution in [1.82, 2.24) is 0 Å². The zero-order valence-electron chi connectivity index (χ0n) is 17.3. The number of anilines is 1. The Morgan fingerprint density at radius 3 is 2.70 bits per heavy atom. The normalized spacial score (nSPS) is 15.9. The summed E-state index contributed by atoms with van der Waals surface area (Å²) in [7, 11) is 0. The van der Waals surface area contributed by atoms with E-state index >= 15 is 0 Å². The van der Waals surface area contributed by atoms with Gasteiger partial charge in [0.05, 0.1) is 12.1 Å². The number of aliphatic carboxylic acids is 1. The number of para-hydroxylation sites is 2. The highest BCUT2D eigenvalue weighted by atomic mass is 16.5. The molecule has 4 heteroatoms. The Labute approximate surface area is 177 Å². The minimum absolute atomic E-state index is 0.0136. The Kier molecular flexibility index (Phi) is 6.03. The fourth-order valence-corrected chi connectivity index (χ4v) is 4.22. The standard InChI is InChI=1S/C26H27NO3/c1-19-8-2-3-10-21(19)16-20-9-6-12-23(17-20)30-25-14-5-4-13-24(25)27-15-7-11-22(27)18-26(28)29/h2-6,8-10,12-14,17,22H,7,11,15-16,18H2,1H3,(H,28,29). The van der Waals surface area contributed by atoms with E-state index in [-0.39, 0.29) is 12.5 Å². The lowest BCUT2D eigenvalue weighted by Gasteiger charge is -2.27. The molecule has 1 N–H and O–H groups in total. The quantitative estimate of drug-likeness (QED) is 0.542. The number of carboxylic acid groups (broad SMARTS) is 1.